The normalized spacial score (nSPS) is 13.7. The highest BCUT2D eigenvalue weighted by atomic mass is 19.4. The zero-order valence-corrected chi connectivity index (χ0v) is 9.82. The van der Waals surface area contributed by atoms with Crippen molar-refractivity contribution in [2.45, 2.75) is 31.5 Å². The summed E-state index contributed by atoms with van der Waals surface area (Å²) in [6.07, 6.45) is -5.19. The summed E-state index contributed by atoms with van der Waals surface area (Å²) in [6, 6.07) is 2.33. The Kier molecular flexibility index (Phi) is 5.07. The molecule has 1 unspecified atom stereocenters. The van der Waals surface area contributed by atoms with Crippen LogP contribution in [0.15, 0.2) is 18.2 Å². The van der Waals surface area contributed by atoms with E-state index in [1.807, 2.05) is 0 Å². The fourth-order valence-corrected chi connectivity index (χ4v) is 1.74. The standard InChI is InChI=1S/C12H14F5N/c1-18-11(3-2-6-12(15,16)17)9-7-8(13)4-5-10(9)14/h4-5,7,11,18H,2-3,6H2,1H3. The van der Waals surface area contributed by atoms with Crippen LogP contribution in [0.3, 0.4) is 0 Å². The van der Waals surface area contributed by atoms with E-state index in [9.17, 15) is 22.0 Å². The van der Waals surface area contributed by atoms with Crippen LogP contribution in [0.1, 0.15) is 30.9 Å². The molecular weight excluding hydrogens is 253 g/mol. The number of alkyl halides is 3. The fourth-order valence-electron chi connectivity index (χ4n) is 1.74. The van der Waals surface area contributed by atoms with Gasteiger partial charge in [-0.05, 0) is 38.1 Å². The highest BCUT2D eigenvalue weighted by Crippen LogP contribution is 2.27. The van der Waals surface area contributed by atoms with Gasteiger partial charge in [-0.15, -0.1) is 0 Å². The maximum atomic E-state index is 13.4. The first-order chi connectivity index (χ1) is 8.33. The lowest BCUT2D eigenvalue weighted by Gasteiger charge is -2.17. The Morgan fingerprint density at radius 1 is 1.22 bits per heavy atom. The van der Waals surface area contributed by atoms with E-state index in [2.05, 4.69) is 5.32 Å². The van der Waals surface area contributed by atoms with Crippen LogP contribution in [-0.2, 0) is 0 Å². The van der Waals surface area contributed by atoms with Crippen molar-refractivity contribution < 1.29 is 22.0 Å². The molecule has 0 saturated carbocycles. The van der Waals surface area contributed by atoms with Crippen LogP contribution < -0.4 is 5.32 Å². The summed E-state index contributed by atoms with van der Waals surface area (Å²) in [5.41, 5.74) is 0.0553. The van der Waals surface area contributed by atoms with Gasteiger partial charge in [-0.2, -0.15) is 13.2 Å². The Morgan fingerprint density at radius 2 is 1.89 bits per heavy atom. The van der Waals surface area contributed by atoms with Gasteiger partial charge in [0, 0.05) is 18.0 Å². The van der Waals surface area contributed by atoms with Gasteiger partial charge in [0.25, 0.3) is 0 Å². The molecule has 0 saturated heterocycles. The lowest BCUT2D eigenvalue weighted by Crippen LogP contribution is -2.19. The quantitative estimate of drug-likeness (QED) is 0.796. The highest BCUT2D eigenvalue weighted by molar-refractivity contribution is 5.22. The predicted molar refractivity (Wildman–Crippen MR) is 58.1 cm³/mol. The topological polar surface area (TPSA) is 12.0 Å². The van der Waals surface area contributed by atoms with E-state index in [0.29, 0.717) is 0 Å². The zero-order valence-electron chi connectivity index (χ0n) is 9.82. The van der Waals surface area contributed by atoms with Crippen molar-refractivity contribution in [3.8, 4) is 0 Å². The maximum Gasteiger partial charge on any atom is 0.389 e. The van der Waals surface area contributed by atoms with E-state index < -0.39 is 30.3 Å². The molecular formula is C12H14F5N. The van der Waals surface area contributed by atoms with Crippen LogP contribution in [0.25, 0.3) is 0 Å². The predicted octanol–water partition coefficient (Wildman–Crippen LogP) is 3.96. The molecule has 0 aliphatic heterocycles. The second-order valence-corrected chi connectivity index (χ2v) is 4.01. The van der Waals surface area contributed by atoms with Gasteiger partial charge in [-0.25, -0.2) is 8.78 Å². The van der Waals surface area contributed by atoms with Gasteiger partial charge in [0.05, 0.1) is 0 Å². The summed E-state index contributed by atoms with van der Waals surface area (Å²) in [5, 5.41) is 2.70. The number of hydrogen-bond acceptors (Lipinski definition) is 1. The molecule has 0 radical (unpaired) electrons. The Hall–Kier alpha value is -1.17. The van der Waals surface area contributed by atoms with Gasteiger partial charge in [0.2, 0.25) is 0 Å². The summed E-state index contributed by atoms with van der Waals surface area (Å²) in [5.74, 6) is -1.23. The molecule has 0 aromatic heterocycles. The molecule has 0 aliphatic rings. The second-order valence-electron chi connectivity index (χ2n) is 4.01. The van der Waals surface area contributed by atoms with Crippen LogP contribution in [-0.4, -0.2) is 13.2 Å². The summed E-state index contributed by atoms with van der Waals surface area (Å²) in [6.45, 7) is 0. The van der Waals surface area contributed by atoms with Gasteiger partial charge >= 0.3 is 6.18 Å². The third kappa shape index (κ3) is 4.60. The van der Waals surface area contributed by atoms with Crippen molar-refractivity contribution in [1.29, 1.82) is 0 Å². The molecule has 0 spiro atoms. The first-order valence-electron chi connectivity index (χ1n) is 5.52. The Bertz CT molecular complexity index is 389. The smallest absolute Gasteiger partial charge is 0.313 e. The van der Waals surface area contributed by atoms with E-state index >= 15 is 0 Å². The number of halogens is 5. The van der Waals surface area contributed by atoms with Gasteiger partial charge in [0.15, 0.2) is 0 Å². The Labute approximate surface area is 102 Å². The minimum atomic E-state index is -4.22. The van der Waals surface area contributed by atoms with E-state index in [1.54, 1.807) is 0 Å². The van der Waals surface area contributed by atoms with E-state index in [-0.39, 0.29) is 18.4 Å². The van der Waals surface area contributed by atoms with E-state index in [4.69, 9.17) is 0 Å². The average molecular weight is 267 g/mol. The van der Waals surface area contributed by atoms with Crippen molar-refractivity contribution in [1.82, 2.24) is 5.32 Å². The van der Waals surface area contributed by atoms with Crippen molar-refractivity contribution in [3.05, 3.63) is 35.4 Å². The van der Waals surface area contributed by atoms with Crippen LogP contribution in [0, 0.1) is 11.6 Å². The first kappa shape index (κ1) is 14.9. The lowest BCUT2D eigenvalue weighted by molar-refractivity contribution is -0.135. The van der Waals surface area contributed by atoms with Crippen LogP contribution >= 0.6 is 0 Å². The number of rotatable bonds is 5. The van der Waals surface area contributed by atoms with Crippen molar-refractivity contribution in [2.75, 3.05) is 7.05 Å². The molecule has 0 aliphatic carbocycles. The van der Waals surface area contributed by atoms with E-state index in [0.717, 1.165) is 18.2 Å². The monoisotopic (exact) mass is 267 g/mol. The molecule has 0 heterocycles. The molecule has 1 N–H and O–H groups in total. The first-order valence-corrected chi connectivity index (χ1v) is 5.52. The zero-order chi connectivity index (χ0) is 13.8. The molecule has 1 atom stereocenters. The van der Waals surface area contributed by atoms with Crippen molar-refractivity contribution in [2.24, 2.45) is 0 Å². The summed E-state index contributed by atoms with van der Waals surface area (Å²) in [4.78, 5) is 0. The van der Waals surface area contributed by atoms with Crippen molar-refractivity contribution >= 4 is 0 Å². The summed E-state index contributed by atoms with van der Waals surface area (Å²) in [7, 11) is 1.50. The van der Waals surface area contributed by atoms with Gasteiger partial charge in [-0.3, -0.25) is 0 Å². The molecule has 18 heavy (non-hydrogen) atoms. The molecule has 0 amide bonds. The molecule has 0 bridgehead atoms. The Morgan fingerprint density at radius 3 is 2.44 bits per heavy atom. The van der Waals surface area contributed by atoms with Crippen molar-refractivity contribution in [3.63, 3.8) is 0 Å². The van der Waals surface area contributed by atoms with Gasteiger partial charge < -0.3 is 5.32 Å². The molecule has 1 nitrogen and oxygen atoms in total. The largest absolute Gasteiger partial charge is 0.389 e. The average Bonchev–Trinajstić information content (AvgIpc) is 2.27. The minimum absolute atomic E-state index is 0.0553. The molecule has 1 aromatic carbocycles. The number of hydrogen-bond donors (Lipinski definition) is 1. The SMILES string of the molecule is CNC(CCCC(F)(F)F)c1cc(F)ccc1F. The van der Waals surface area contributed by atoms with Gasteiger partial charge in [0.1, 0.15) is 11.6 Å². The molecule has 0 fully saturated rings. The molecule has 1 aromatic rings. The minimum Gasteiger partial charge on any atom is -0.313 e. The highest BCUT2D eigenvalue weighted by Gasteiger charge is 2.27. The lowest BCUT2D eigenvalue weighted by atomic mass is 10.0. The summed E-state index contributed by atoms with van der Waals surface area (Å²) < 4.78 is 62.4. The van der Waals surface area contributed by atoms with Gasteiger partial charge in [-0.1, -0.05) is 0 Å². The molecule has 1 rings (SSSR count). The number of benzene rings is 1. The molecule has 6 heteroatoms. The van der Waals surface area contributed by atoms with Crippen LogP contribution in [0.5, 0.6) is 0 Å². The van der Waals surface area contributed by atoms with E-state index in [1.165, 1.54) is 7.05 Å². The number of nitrogens with one attached hydrogen (secondary N) is 1. The summed E-state index contributed by atoms with van der Waals surface area (Å²) >= 11 is 0. The second kappa shape index (κ2) is 6.13. The third-order valence-electron chi connectivity index (χ3n) is 2.63. The van der Waals surface area contributed by atoms with Crippen LogP contribution in [0.4, 0.5) is 22.0 Å². The van der Waals surface area contributed by atoms with Crippen LogP contribution in [0.2, 0.25) is 0 Å². The third-order valence-corrected chi connectivity index (χ3v) is 2.63. The molecule has 102 valence electrons. The Balaban J connectivity index is 2.68. The maximum absolute atomic E-state index is 13.4. The fraction of sp³-hybridized carbons (Fsp3) is 0.500.